The van der Waals surface area contributed by atoms with Gasteiger partial charge in [0.2, 0.25) is 21.0 Å². The summed E-state index contributed by atoms with van der Waals surface area (Å²) in [5.74, 6) is -0.308. The Morgan fingerprint density at radius 2 is 2.32 bits per heavy atom. The summed E-state index contributed by atoms with van der Waals surface area (Å²) in [6.07, 6.45) is 0. The third kappa shape index (κ3) is 2.29. The van der Waals surface area contributed by atoms with Crippen LogP contribution in [-0.4, -0.2) is 31.5 Å². The smallest absolute Gasteiger partial charge is 0.243 e. The van der Waals surface area contributed by atoms with Gasteiger partial charge in [-0.1, -0.05) is 11.6 Å². The van der Waals surface area contributed by atoms with Gasteiger partial charge in [-0.15, -0.1) is 0 Å². The molecule has 6 nitrogen and oxygen atoms in total. The number of sulfonamides is 1. The lowest BCUT2D eigenvalue weighted by Gasteiger charge is -2.33. The molecule has 0 unspecified atom stereocenters. The van der Waals surface area contributed by atoms with Gasteiger partial charge in [0.1, 0.15) is 5.54 Å². The number of aliphatic imine (C=N–C) groups is 1. The van der Waals surface area contributed by atoms with Crippen molar-refractivity contribution in [1.29, 1.82) is 0 Å². The summed E-state index contributed by atoms with van der Waals surface area (Å²) in [4.78, 5) is 8.07. The molecule has 0 saturated carbocycles. The molecule has 19 heavy (non-hydrogen) atoms. The van der Waals surface area contributed by atoms with Crippen molar-refractivity contribution >= 4 is 43.9 Å². The first-order valence-corrected chi connectivity index (χ1v) is 7.99. The molecule has 9 heteroatoms. The number of halogens is 1. The van der Waals surface area contributed by atoms with Crippen molar-refractivity contribution in [3.63, 3.8) is 0 Å². The minimum absolute atomic E-state index is 0.0809. The van der Waals surface area contributed by atoms with E-state index < -0.39 is 15.6 Å². The van der Waals surface area contributed by atoms with E-state index in [4.69, 9.17) is 23.9 Å². The first kappa shape index (κ1) is 14.1. The van der Waals surface area contributed by atoms with Gasteiger partial charge in [0.15, 0.2) is 0 Å². The second kappa shape index (κ2) is 4.37. The average molecular weight is 319 g/mol. The van der Waals surface area contributed by atoms with Crippen LogP contribution < -0.4 is 5.73 Å². The fourth-order valence-electron chi connectivity index (χ4n) is 1.85. The molecule has 0 bridgehead atoms. The summed E-state index contributed by atoms with van der Waals surface area (Å²) in [6, 6.07) is 1.51. The Labute approximate surface area is 120 Å². The van der Waals surface area contributed by atoms with Gasteiger partial charge >= 0.3 is 0 Å². The lowest BCUT2D eigenvalue weighted by molar-refractivity contribution is 0.482. The fourth-order valence-corrected chi connectivity index (χ4v) is 4.79. The van der Waals surface area contributed by atoms with Gasteiger partial charge in [0, 0.05) is 16.9 Å². The van der Waals surface area contributed by atoms with Crippen molar-refractivity contribution in [3.8, 4) is 0 Å². The van der Waals surface area contributed by atoms with Crippen LogP contribution in [0.1, 0.15) is 11.8 Å². The van der Waals surface area contributed by atoms with Crippen LogP contribution in [0.4, 0.5) is 5.00 Å². The molecule has 2 N–H and O–H groups in total. The number of rotatable bonds is 1. The summed E-state index contributed by atoms with van der Waals surface area (Å²) in [7, 11) is -2.18. The molecule has 0 radical (unpaired) electrons. The van der Waals surface area contributed by atoms with E-state index in [0.717, 1.165) is 15.6 Å². The lowest BCUT2D eigenvalue weighted by Crippen LogP contribution is -2.50. The molecule has 2 heterocycles. The Hall–Kier alpha value is -1.30. The minimum Gasteiger partial charge on any atom is -0.369 e. The molecule has 1 aromatic rings. The van der Waals surface area contributed by atoms with Gasteiger partial charge in [-0.25, -0.2) is 22.6 Å². The van der Waals surface area contributed by atoms with Crippen LogP contribution in [0, 0.1) is 6.57 Å². The van der Waals surface area contributed by atoms with Gasteiger partial charge in [-0.3, -0.25) is 0 Å². The molecule has 102 valence electrons. The number of hydrogen-bond acceptors (Lipinski definition) is 5. The number of hydrogen-bond donors (Lipinski definition) is 1. The molecule has 0 aromatic carbocycles. The SMILES string of the molecule is [C-]#[N+]c1cc(Cl)c([C@]2(C)CS(=O)(=O)N(C)C(N)=N2)s1. The maximum atomic E-state index is 12.0. The Morgan fingerprint density at radius 3 is 2.79 bits per heavy atom. The summed E-state index contributed by atoms with van der Waals surface area (Å²) >= 11 is 7.21. The Morgan fingerprint density at radius 1 is 1.68 bits per heavy atom. The van der Waals surface area contributed by atoms with E-state index in [-0.39, 0.29) is 11.7 Å². The van der Waals surface area contributed by atoms with E-state index in [1.54, 1.807) is 6.92 Å². The molecule has 1 aliphatic heterocycles. The molecule has 1 aliphatic rings. The highest BCUT2D eigenvalue weighted by Crippen LogP contribution is 2.43. The monoisotopic (exact) mass is 318 g/mol. The van der Waals surface area contributed by atoms with Crippen LogP contribution in [0.3, 0.4) is 0 Å². The second-order valence-electron chi connectivity index (χ2n) is 4.34. The van der Waals surface area contributed by atoms with Gasteiger partial charge in [-0.2, -0.15) is 11.3 Å². The van der Waals surface area contributed by atoms with Crippen LogP contribution in [0.2, 0.25) is 5.02 Å². The molecule has 0 saturated heterocycles. The fraction of sp³-hybridized carbons (Fsp3) is 0.400. The maximum absolute atomic E-state index is 12.0. The standard InChI is InChI=1S/C10H11ClN4O2S2/c1-10(8-6(11)4-7(13-2)18-8)5-19(16,17)15(3)9(12)14-10/h4H,5H2,1,3H3,(H2,12,14)/t10-/m0/s1. The summed E-state index contributed by atoms with van der Waals surface area (Å²) < 4.78 is 25.0. The molecular weight excluding hydrogens is 308 g/mol. The normalized spacial score (nSPS) is 25.8. The molecule has 1 atom stereocenters. The molecular formula is C10H11ClN4O2S2. The number of guanidine groups is 1. The Kier molecular flexibility index (Phi) is 3.24. The summed E-state index contributed by atoms with van der Waals surface area (Å²) in [5.41, 5.74) is 4.60. The third-order valence-electron chi connectivity index (χ3n) is 2.84. The van der Waals surface area contributed by atoms with Gasteiger partial charge < -0.3 is 5.73 Å². The summed E-state index contributed by atoms with van der Waals surface area (Å²) in [5, 5.41) is 0.737. The number of nitrogens with two attached hydrogens (primary N) is 1. The maximum Gasteiger partial charge on any atom is 0.243 e. The first-order valence-electron chi connectivity index (χ1n) is 5.19. The van der Waals surface area contributed by atoms with E-state index in [1.807, 2.05) is 0 Å². The van der Waals surface area contributed by atoms with Gasteiger partial charge in [0.25, 0.3) is 0 Å². The van der Waals surface area contributed by atoms with Crippen LogP contribution in [0.5, 0.6) is 0 Å². The highest BCUT2D eigenvalue weighted by atomic mass is 35.5. The van der Waals surface area contributed by atoms with Crippen LogP contribution in [0.25, 0.3) is 4.85 Å². The van der Waals surface area contributed by atoms with Crippen molar-refractivity contribution in [2.45, 2.75) is 12.5 Å². The third-order valence-corrected chi connectivity index (χ3v) is 6.48. The topological polar surface area (TPSA) is 80.1 Å². The first-order chi connectivity index (χ1) is 8.69. The van der Waals surface area contributed by atoms with Gasteiger partial charge in [-0.05, 0) is 13.0 Å². The molecule has 1 aromatic heterocycles. The zero-order chi connectivity index (χ0) is 14.4. The second-order valence-corrected chi connectivity index (χ2v) is 7.78. The highest BCUT2D eigenvalue weighted by Gasteiger charge is 2.42. The van der Waals surface area contributed by atoms with Crippen LogP contribution in [-0.2, 0) is 15.6 Å². The predicted molar refractivity (Wildman–Crippen MR) is 76.1 cm³/mol. The Balaban J connectivity index is 2.61. The van der Waals surface area contributed by atoms with Crippen LogP contribution >= 0.6 is 22.9 Å². The molecule has 2 rings (SSSR count). The zero-order valence-electron chi connectivity index (χ0n) is 10.2. The van der Waals surface area contributed by atoms with Crippen molar-refractivity contribution in [2.24, 2.45) is 10.7 Å². The van der Waals surface area contributed by atoms with Crippen molar-refractivity contribution in [2.75, 3.05) is 12.8 Å². The predicted octanol–water partition coefficient (Wildman–Crippen LogP) is 1.76. The lowest BCUT2D eigenvalue weighted by atomic mass is 10.0. The number of thiophene rings is 1. The van der Waals surface area contributed by atoms with Crippen molar-refractivity contribution in [3.05, 3.63) is 27.4 Å². The zero-order valence-corrected chi connectivity index (χ0v) is 12.6. The molecule has 0 fully saturated rings. The molecule has 0 spiro atoms. The van der Waals surface area contributed by atoms with Crippen molar-refractivity contribution in [1.82, 2.24) is 4.31 Å². The number of nitrogens with zero attached hydrogens (tertiary/aromatic N) is 3. The van der Waals surface area contributed by atoms with E-state index in [2.05, 4.69) is 9.84 Å². The quantitative estimate of drug-likeness (QED) is 0.801. The largest absolute Gasteiger partial charge is 0.369 e. The Bertz CT molecular complexity index is 704. The molecule has 0 amide bonds. The van der Waals surface area contributed by atoms with E-state index in [1.165, 1.54) is 13.1 Å². The van der Waals surface area contributed by atoms with E-state index in [0.29, 0.717) is 14.9 Å². The van der Waals surface area contributed by atoms with Gasteiger partial charge in [0.05, 0.1) is 12.3 Å². The molecule has 0 aliphatic carbocycles. The summed E-state index contributed by atoms with van der Waals surface area (Å²) in [6.45, 7) is 8.62. The minimum atomic E-state index is -3.53. The van der Waals surface area contributed by atoms with E-state index >= 15 is 0 Å². The average Bonchev–Trinajstić information content (AvgIpc) is 2.67. The van der Waals surface area contributed by atoms with Crippen molar-refractivity contribution < 1.29 is 8.42 Å². The van der Waals surface area contributed by atoms with Crippen LogP contribution in [0.15, 0.2) is 11.1 Å². The highest BCUT2D eigenvalue weighted by molar-refractivity contribution is 7.89. The van der Waals surface area contributed by atoms with E-state index in [9.17, 15) is 8.42 Å².